The Bertz CT molecular complexity index is 312. The van der Waals surface area contributed by atoms with E-state index >= 15 is 0 Å². The monoisotopic (exact) mass is 207 g/mol. The van der Waals surface area contributed by atoms with Gasteiger partial charge in [-0.05, 0) is 18.6 Å². The van der Waals surface area contributed by atoms with Gasteiger partial charge in [0.2, 0.25) is 0 Å². The summed E-state index contributed by atoms with van der Waals surface area (Å²) in [5.74, 6) is 0.578. The predicted octanol–water partition coefficient (Wildman–Crippen LogP) is 0.884. The van der Waals surface area contributed by atoms with Crippen molar-refractivity contribution in [2.45, 2.75) is 19.5 Å². The van der Waals surface area contributed by atoms with Gasteiger partial charge >= 0.3 is 0 Å². The first kappa shape index (κ1) is 10.4. The van der Waals surface area contributed by atoms with Crippen LogP contribution in [0.15, 0.2) is 18.3 Å². The Morgan fingerprint density at radius 1 is 1.60 bits per heavy atom. The van der Waals surface area contributed by atoms with E-state index in [9.17, 15) is 0 Å². The van der Waals surface area contributed by atoms with Crippen LogP contribution in [0.2, 0.25) is 0 Å². The topological polar surface area (TPSA) is 51.4 Å². The first-order chi connectivity index (χ1) is 7.25. The number of morpholine rings is 1. The van der Waals surface area contributed by atoms with Crippen molar-refractivity contribution < 1.29 is 4.74 Å². The van der Waals surface area contributed by atoms with E-state index in [2.05, 4.69) is 16.8 Å². The van der Waals surface area contributed by atoms with Crippen LogP contribution in [0.25, 0.3) is 0 Å². The summed E-state index contributed by atoms with van der Waals surface area (Å²) in [6.45, 7) is 5.75. The molecule has 2 rings (SSSR count). The Morgan fingerprint density at radius 2 is 2.47 bits per heavy atom. The van der Waals surface area contributed by atoms with Crippen molar-refractivity contribution in [2.75, 3.05) is 25.5 Å². The SMILES string of the molecule is CC1COCCN1Cc1ccc(N)nc1. The summed E-state index contributed by atoms with van der Waals surface area (Å²) in [6.07, 6.45) is 1.84. The molecule has 1 aromatic rings. The van der Waals surface area contributed by atoms with Gasteiger partial charge in [0.05, 0.1) is 13.2 Å². The molecule has 0 aliphatic carbocycles. The largest absolute Gasteiger partial charge is 0.384 e. The van der Waals surface area contributed by atoms with Crippen molar-refractivity contribution >= 4 is 5.82 Å². The fourth-order valence-electron chi connectivity index (χ4n) is 1.76. The molecule has 0 spiro atoms. The highest BCUT2D eigenvalue weighted by Gasteiger charge is 2.18. The molecule has 1 aromatic heterocycles. The lowest BCUT2D eigenvalue weighted by atomic mass is 10.2. The van der Waals surface area contributed by atoms with Crippen LogP contribution in [0.3, 0.4) is 0 Å². The molecule has 0 radical (unpaired) electrons. The lowest BCUT2D eigenvalue weighted by Crippen LogP contribution is -2.42. The molecule has 82 valence electrons. The number of pyridine rings is 1. The molecular formula is C11H17N3O. The molecule has 1 saturated heterocycles. The Morgan fingerprint density at radius 3 is 3.13 bits per heavy atom. The maximum absolute atomic E-state index is 5.54. The van der Waals surface area contributed by atoms with Crippen LogP contribution in [-0.4, -0.2) is 35.7 Å². The fraction of sp³-hybridized carbons (Fsp3) is 0.545. The van der Waals surface area contributed by atoms with Gasteiger partial charge in [-0.3, -0.25) is 4.90 Å². The van der Waals surface area contributed by atoms with E-state index in [1.54, 1.807) is 0 Å². The molecular weight excluding hydrogens is 190 g/mol. The van der Waals surface area contributed by atoms with E-state index in [-0.39, 0.29) is 0 Å². The third-order valence-corrected chi connectivity index (χ3v) is 2.74. The van der Waals surface area contributed by atoms with Crippen molar-refractivity contribution in [3.8, 4) is 0 Å². The van der Waals surface area contributed by atoms with Crippen LogP contribution in [0.4, 0.5) is 5.82 Å². The number of rotatable bonds is 2. The second-order valence-electron chi connectivity index (χ2n) is 3.99. The van der Waals surface area contributed by atoms with E-state index in [1.807, 2.05) is 18.3 Å². The van der Waals surface area contributed by atoms with Crippen molar-refractivity contribution in [3.63, 3.8) is 0 Å². The molecule has 1 aliphatic heterocycles. The molecule has 1 atom stereocenters. The van der Waals surface area contributed by atoms with Crippen molar-refractivity contribution in [3.05, 3.63) is 23.9 Å². The van der Waals surface area contributed by atoms with Crippen LogP contribution >= 0.6 is 0 Å². The third kappa shape index (κ3) is 2.67. The molecule has 4 heteroatoms. The molecule has 1 unspecified atom stereocenters. The lowest BCUT2D eigenvalue weighted by Gasteiger charge is -2.33. The Hall–Kier alpha value is -1.13. The zero-order valence-corrected chi connectivity index (χ0v) is 9.02. The second-order valence-corrected chi connectivity index (χ2v) is 3.99. The maximum Gasteiger partial charge on any atom is 0.123 e. The molecule has 0 amide bonds. The number of hydrogen-bond acceptors (Lipinski definition) is 4. The summed E-state index contributed by atoms with van der Waals surface area (Å²) in [5.41, 5.74) is 6.75. The van der Waals surface area contributed by atoms with Gasteiger partial charge in [-0.1, -0.05) is 6.07 Å². The standard InChI is InChI=1S/C11H17N3O/c1-9-8-15-5-4-14(9)7-10-2-3-11(12)13-6-10/h2-3,6,9H,4-5,7-8H2,1H3,(H2,12,13). The van der Waals surface area contributed by atoms with Gasteiger partial charge in [0.15, 0.2) is 0 Å². The molecule has 0 saturated carbocycles. The molecule has 0 bridgehead atoms. The van der Waals surface area contributed by atoms with Crippen LogP contribution in [0.5, 0.6) is 0 Å². The van der Waals surface area contributed by atoms with Gasteiger partial charge in [-0.2, -0.15) is 0 Å². The smallest absolute Gasteiger partial charge is 0.123 e. The Balaban J connectivity index is 1.98. The highest BCUT2D eigenvalue weighted by atomic mass is 16.5. The minimum atomic E-state index is 0.483. The minimum absolute atomic E-state index is 0.483. The zero-order valence-electron chi connectivity index (χ0n) is 9.02. The molecule has 2 N–H and O–H groups in total. The number of nitrogen functional groups attached to an aromatic ring is 1. The summed E-state index contributed by atoms with van der Waals surface area (Å²) in [7, 11) is 0. The second kappa shape index (κ2) is 4.59. The summed E-state index contributed by atoms with van der Waals surface area (Å²) in [4.78, 5) is 6.49. The number of nitrogens with two attached hydrogens (primary N) is 1. The summed E-state index contributed by atoms with van der Waals surface area (Å²) in [5, 5.41) is 0. The van der Waals surface area contributed by atoms with Gasteiger partial charge in [0, 0.05) is 25.3 Å². The van der Waals surface area contributed by atoms with E-state index in [0.717, 1.165) is 26.3 Å². The molecule has 1 fully saturated rings. The molecule has 0 aromatic carbocycles. The molecule has 2 heterocycles. The Labute approximate surface area is 90.0 Å². The Kier molecular flexibility index (Phi) is 3.18. The number of ether oxygens (including phenoxy) is 1. The average molecular weight is 207 g/mol. The molecule has 1 aliphatic rings. The number of anilines is 1. The van der Waals surface area contributed by atoms with Gasteiger partial charge in [-0.15, -0.1) is 0 Å². The van der Waals surface area contributed by atoms with E-state index in [4.69, 9.17) is 10.5 Å². The zero-order chi connectivity index (χ0) is 10.7. The van der Waals surface area contributed by atoms with Crippen LogP contribution in [-0.2, 0) is 11.3 Å². The van der Waals surface area contributed by atoms with E-state index < -0.39 is 0 Å². The quantitative estimate of drug-likeness (QED) is 0.782. The van der Waals surface area contributed by atoms with Gasteiger partial charge in [0.1, 0.15) is 5.82 Å². The highest BCUT2D eigenvalue weighted by Crippen LogP contribution is 2.11. The first-order valence-electron chi connectivity index (χ1n) is 5.28. The summed E-state index contributed by atoms with van der Waals surface area (Å²) < 4.78 is 5.39. The summed E-state index contributed by atoms with van der Waals surface area (Å²) in [6, 6.07) is 4.36. The minimum Gasteiger partial charge on any atom is -0.384 e. The number of hydrogen-bond donors (Lipinski definition) is 1. The first-order valence-corrected chi connectivity index (χ1v) is 5.28. The van der Waals surface area contributed by atoms with Crippen LogP contribution in [0, 0.1) is 0 Å². The van der Waals surface area contributed by atoms with Gasteiger partial charge in [-0.25, -0.2) is 4.98 Å². The predicted molar refractivity (Wildman–Crippen MR) is 59.3 cm³/mol. The van der Waals surface area contributed by atoms with Crippen LogP contribution in [0.1, 0.15) is 12.5 Å². The van der Waals surface area contributed by atoms with Crippen molar-refractivity contribution in [1.82, 2.24) is 9.88 Å². The third-order valence-electron chi connectivity index (χ3n) is 2.74. The average Bonchev–Trinajstić information content (AvgIpc) is 2.25. The number of nitrogens with zero attached hydrogens (tertiary/aromatic N) is 2. The normalized spacial score (nSPS) is 22.9. The summed E-state index contributed by atoms with van der Waals surface area (Å²) >= 11 is 0. The van der Waals surface area contributed by atoms with E-state index in [1.165, 1.54) is 5.56 Å². The van der Waals surface area contributed by atoms with Gasteiger partial charge < -0.3 is 10.5 Å². The molecule has 4 nitrogen and oxygen atoms in total. The van der Waals surface area contributed by atoms with Gasteiger partial charge in [0.25, 0.3) is 0 Å². The van der Waals surface area contributed by atoms with E-state index in [0.29, 0.717) is 11.9 Å². The molecule has 15 heavy (non-hydrogen) atoms. The van der Waals surface area contributed by atoms with Crippen molar-refractivity contribution in [2.24, 2.45) is 0 Å². The fourth-order valence-corrected chi connectivity index (χ4v) is 1.76. The maximum atomic E-state index is 5.54. The lowest BCUT2D eigenvalue weighted by molar-refractivity contribution is -0.00440. The van der Waals surface area contributed by atoms with Crippen molar-refractivity contribution in [1.29, 1.82) is 0 Å². The van der Waals surface area contributed by atoms with Crippen LogP contribution < -0.4 is 5.73 Å². The highest BCUT2D eigenvalue weighted by molar-refractivity contribution is 5.29. The number of aromatic nitrogens is 1.